The van der Waals surface area contributed by atoms with Gasteiger partial charge in [-0.3, -0.25) is 4.79 Å². The van der Waals surface area contributed by atoms with E-state index >= 15 is 0 Å². The zero-order valence-electron chi connectivity index (χ0n) is 10.3. The summed E-state index contributed by atoms with van der Waals surface area (Å²) < 4.78 is 1.08. The molecule has 0 unspecified atom stereocenters. The molecule has 0 aliphatic carbocycles. The summed E-state index contributed by atoms with van der Waals surface area (Å²) in [5, 5.41) is 36.1. The lowest BCUT2D eigenvalue weighted by Crippen LogP contribution is -2.29. The Kier molecular flexibility index (Phi) is 3.26. The maximum Gasteiger partial charge on any atom is 0.325 e. The Hall–Kier alpha value is -1.47. The van der Waals surface area contributed by atoms with E-state index in [0.717, 1.165) is 4.68 Å². The summed E-state index contributed by atoms with van der Waals surface area (Å²) in [4.78, 5) is 10.7. The third-order valence-electron chi connectivity index (χ3n) is 2.18. The maximum atomic E-state index is 10.7. The number of aromatic nitrogens is 3. The van der Waals surface area contributed by atoms with Crippen LogP contribution in [0, 0.1) is 0 Å². The molecule has 1 heterocycles. The van der Waals surface area contributed by atoms with Crippen LogP contribution in [0.15, 0.2) is 0 Å². The lowest BCUT2D eigenvalue weighted by atomic mass is 9.95. The van der Waals surface area contributed by atoms with Crippen LogP contribution in [0.5, 0.6) is 0 Å². The van der Waals surface area contributed by atoms with Crippen molar-refractivity contribution in [1.82, 2.24) is 15.0 Å². The molecule has 0 spiro atoms. The number of carboxylic acid groups (broad SMARTS) is 1. The molecule has 96 valence electrons. The van der Waals surface area contributed by atoms with Crippen molar-refractivity contribution in [3.63, 3.8) is 0 Å². The second kappa shape index (κ2) is 4.08. The smallest absolute Gasteiger partial charge is 0.325 e. The van der Waals surface area contributed by atoms with Gasteiger partial charge in [-0.2, -0.15) is 0 Å². The van der Waals surface area contributed by atoms with Crippen molar-refractivity contribution in [2.75, 3.05) is 0 Å². The lowest BCUT2D eigenvalue weighted by molar-refractivity contribution is -0.138. The van der Waals surface area contributed by atoms with E-state index in [1.165, 1.54) is 27.7 Å². The summed E-state index contributed by atoms with van der Waals surface area (Å²) in [5.74, 6) is -1.09. The first kappa shape index (κ1) is 13.6. The molecule has 0 fully saturated rings. The Balaban J connectivity index is 3.36. The van der Waals surface area contributed by atoms with E-state index in [-0.39, 0.29) is 11.4 Å². The number of carbonyl (C=O) groups is 1. The van der Waals surface area contributed by atoms with Gasteiger partial charge in [0.15, 0.2) is 0 Å². The van der Waals surface area contributed by atoms with Gasteiger partial charge in [0, 0.05) is 0 Å². The van der Waals surface area contributed by atoms with Gasteiger partial charge in [0.2, 0.25) is 0 Å². The van der Waals surface area contributed by atoms with Crippen LogP contribution in [0.25, 0.3) is 0 Å². The highest BCUT2D eigenvalue weighted by molar-refractivity contribution is 5.66. The van der Waals surface area contributed by atoms with E-state index < -0.39 is 23.7 Å². The van der Waals surface area contributed by atoms with Crippen LogP contribution >= 0.6 is 0 Å². The number of aliphatic carboxylic acids is 1. The lowest BCUT2D eigenvalue weighted by Gasteiger charge is -2.23. The number of hydrogen-bond donors (Lipinski definition) is 3. The van der Waals surface area contributed by atoms with E-state index in [2.05, 4.69) is 10.3 Å². The molecule has 0 atom stereocenters. The second-order valence-corrected chi connectivity index (χ2v) is 4.96. The molecule has 0 aromatic carbocycles. The zero-order valence-corrected chi connectivity index (χ0v) is 10.3. The Morgan fingerprint density at radius 3 is 2.12 bits per heavy atom. The molecule has 7 heteroatoms. The minimum absolute atomic E-state index is 0.172. The van der Waals surface area contributed by atoms with Crippen molar-refractivity contribution in [3.8, 4) is 0 Å². The van der Waals surface area contributed by atoms with Crippen molar-refractivity contribution in [3.05, 3.63) is 11.4 Å². The zero-order chi connectivity index (χ0) is 13.4. The van der Waals surface area contributed by atoms with Crippen LogP contribution in [0.4, 0.5) is 0 Å². The summed E-state index contributed by atoms with van der Waals surface area (Å²) >= 11 is 0. The first-order chi connectivity index (χ1) is 7.53. The summed E-state index contributed by atoms with van der Waals surface area (Å²) in [5.41, 5.74) is -2.26. The standard InChI is InChI=1S/C10H17N3O4/c1-9(2,16)7-8(10(3,4)17)13(12-11-7)5-6(14)15/h16-17H,5H2,1-4H3,(H,14,15). The Morgan fingerprint density at radius 1 is 1.24 bits per heavy atom. The van der Waals surface area contributed by atoms with E-state index in [9.17, 15) is 15.0 Å². The van der Waals surface area contributed by atoms with Gasteiger partial charge < -0.3 is 15.3 Å². The van der Waals surface area contributed by atoms with Crippen molar-refractivity contribution in [1.29, 1.82) is 0 Å². The summed E-state index contributed by atoms with van der Waals surface area (Å²) in [6.07, 6.45) is 0. The van der Waals surface area contributed by atoms with Crippen molar-refractivity contribution < 1.29 is 20.1 Å². The molecule has 0 saturated heterocycles. The third-order valence-corrected chi connectivity index (χ3v) is 2.18. The Labute approximate surface area is 98.7 Å². The molecule has 0 aliphatic rings. The molecule has 0 bridgehead atoms. The number of rotatable bonds is 4. The van der Waals surface area contributed by atoms with Crippen LogP contribution in [0.1, 0.15) is 39.1 Å². The summed E-state index contributed by atoms with van der Waals surface area (Å²) in [6, 6.07) is 0. The number of nitrogens with zero attached hydrogens (tertiary/aromatic N) is 3. The second-order valence-electron chi connectivity index (χ2n) is 4.96. The van der Waals surface area contributed by atoms with Gasteiger partial charge in [-0.05, 0) is 27.7 Å². The molecule has 1 aromatic heterocycles. The highest BCUT2D eigenvalue weighted by Crippen LogP contribution is 2.29. The largest absolute Gasteiger partial charge is 0.480 e. The number of carboxylic acids is 1. The molecule has 0 saturated carbocycles. The molecule has 3 N–H and O–H groups in total. The Morgan fingerprint density at radius 2 is 1.76 bits per heavy atom. The van der Waals surface area contributed by atoms with E-state index in [0.29, 0.717) is 0 Å². The number of hydrogen-bond acceptors (Lipinski definition) is 5. The molecular weight excluding hydrogens is 226 g/mol. The van der Waals surface area contributed by atoms with E-state index in [1.54, 1.807) is 0 Å². The topological polar surface area (TPSA) is 108 Å². The summed E-state index contributed by atoms with van der Waals surface area (Å²) in [7, 11) is 0. The average Bonchev–Trinajstić information content (AvgIpc) is 2.44. The third kappa shape index (κ3) is 3.01. The number of aliphatic hydroxyl groups is 2. The minimum Gasteiger partial charge on any atom is -0.480 e. The Bertz CT molecular complexity index is 426. The molecule has 7 nitrogen and oxygen atoms in total. The van der Waals surface area contributed by atoms with Crippen LogP contribution in [-0.2, 0) is 22.5 Å². The first-order valence-corrected chi connectivity index (χ1v) is 5.14. The summed E-state index contributed by atoms with van der Waals surface area (Å²) in [6.45, 7) is 5.55. The quantitative estimate of drug-likeness (QED) is 0.676. The fourth-order valence-electron chi connectivity index (χ4n) is 1.57. The predicted octanol–water partition coefficient (Wildman–Crippen LogP) is -0.182. The van der Waals surface area contributed by atoms with Gasteiger partial charge in [-0.15, -0.1) is 5.10 Å². The van der Waals surface area contributed by atoms with Gasteiger partial charge in [0.1, 0.15) is 23.4 Å². The molecule has 0 amide bonds. The van der Waals surface area contributed by atoms with Crippen molar-refractivity contribution in [2.45, 2.75) is 45.4 Å². The molecular formula is C10H17N3O4. The van der Waals surface area contributed by atoms with Crippen molar-refractivity contribution in [2.24, 2.45) is 0 Å². The molecule has 1 aromatic rings. The maximum absolute atomic E-state index is 10.7. The van der Waals surface area contributed by atoms with Gasteiger partial charge in [0.25, 0.3) is 0 Å². The monoisotopic (exact) mass is 243 g/mol. The molecule has 0 aliphatic heterocycles. The van der Waals surface area contributed by atoms with Gasteiger partial charge in [0.05, 0.1) is 5.69 Å². The molecule has 17 heavy (non-hydrogen) atoms. The van der Waals surface area contributed by atoms with Gasteiger partial charge in [-0.1, -0.05) is 5.21 Å². The highest BCUT2D eigenvalue weighted by atomic mass is 16.4. The molecule has 0 radical (unpaired) electrons. The fraction of sp³-hybridized carbons (Fsp3) is 0.700. The highest BCUT2D eigenvalue weighted by Gasteiger charge is 2.34. The van der Waals surface area contributed by atoms with Crippen molar-refractivity contribution >= 4 is 5.97 Å². The van der Waals surface area contributed by atoms with Crippen LogP contribution in [0.2, 0.25) is 0 Å². The van der Waals surface area contributed by atoms with E-state index in [4.69, 9.17) is 5.11 Å². The minimum atomic E-state index is -1.34. The molecule has 1 rings (SSSR count). The average molecular weight is 243 g/mol. The van der Waals surface area contributed by atoms with E-state index in [1.807, 2.05) is 0 Å². The van der Waals surface area contributed by atoms with Crippen LogP contribution in [0.3, 0.4) is 0 Å². The van der Waals surface area contributed by atoms with Gasteiger partial charge in [-0.25, -0.2) is 4.68 Å². The van der Waals surface area contributed by atoms with Gasteiger partial charge >= 0.3 is 5.97 Å². The predicted molar refractivity (Wildman–Crippen MR) is 58.1 cm³/mol. The van der Waals surface area contributed by atoms with Crippen LogP contribution < -0.4 is 0 Å². The fourth-order valence-corrected chi connectivity index (χ4v) is 1.57. The van der Waals surface area contributed by atoms with Crippen LogP contribution in [-0.4, -0.2) is 36.3 Å². The normalized spacial score (nSPS) is 12.8. The first-order valence-electron chi connectivity index (χ1n) is 5.14. The SMILES string of the molecule is CC(C)(O)c1nnn(CC(=O)O)c1C(C)(C)O.